The van der Waals surface area contributed by atoms with E-state index in [1.54, 1.807) is 6.07 Å². The summed E-state index contributed by atoms with van der Waals surface area (Å²) in [7, 11) is 0. The van der Waals surface area contributed by atoms with Crippen molar-refractivity contribution < 1.29 is 23.6 Å². The average Bonchev–Trinajstić information content (AvgIpc) is 2.62. The smallest absolute Gasteiger partial charge is 0.336 e. The second-order valence-electron chi connectivity index (χ2n) is 6.56. The summed E-state index contributed by atoms with van der Waals surface area (Å²) in [6, 6.07) is 5.11. The minimum atomic E-state index is -0.390. The van der Waals surface area contributed by atoms with Crippen molar-refractivity contribution in [2.75, 3.05) is 46.0 Å². The predicted octanol–water partition coefficient (Wildman–Crippen LogP) is -0.180. The fraction of sp³-hybridized carbons (Fsp3) is 0.474. The minimum absolute atomic E-state index is 0.0686. The molecule has 26 heavy (non-hydrogen) atoms. The molecule has 1 aliphatic heterocycles. The van der Waals surface area contributed by atoms with Gasteiger partial charge in [-0.1, -0.05) is 0 Å². The van der Waals surface area contributed by atoms with Crippen LogP contribution in [-0.4, -0.2) is 51.9 Å². The van der Waals surface area contributed by atoms with Crippen LogP contribution in [0.4, 0.5) is 0 Å². The van der Waals surface area contributed by atoms with E-state index in [-0.39, 0.29) is 12.5 Å². The van der Waals surface area contributed by atoms with Crippen molar-refractivity contribution in [3.05, 3.63) is 39.7 Å². The lowest BCUT2D eigenvalue weighted by atomic mass is 10.1. The predicted molar refractivity (Wildman–Crippen MR) is 96.8 cm³/mol. The summed E-state index contributed by atoms with van der Waals surface area (Å²) in [4.78, 5) is 25.0. The van der Waals surface area contributed by atoms with Crippen molar-refractivity contribution in [3.63, 3.8) is 0 Å². The van der Waals surface area contributed by atoms with Gasteiger partial charge >= 0.3 is 5.63 Å². The number of amides is 1. The summed E-state index contributed by atoms with van der Waals surface area (Å²) in [6.45, 7) is 8.63. The van der Waals surface area contributed by atoms with Crippen molar-refractivity contribution >= 4 is 16.9 Å². The second kappa shape index (κ2) is 8.33. The molecule has 0 radical (unpaired) electrons. The molecule has 2 N–H and O–H groups in total. The van der Waals surface area contributed by atoms with Crippen molar-refractivity contribution in [1.82, 2.24) is 5.32 Å². The molecule has 140 valence electrons. The summed E-state index contributed by atoms with van der Waals surface area (Å²) in [5.41, 5.74) is 1.69. The van der Waals surface area contributed by atoms with Crippen molar-refractivity contribution in [1.29, 1.82) is 0 Å². The minimum Gasteiger partial charge on any atom is -0.483 e. The molecule has 1 aromatic carbocycles. The number of quaternary nitrogens is 1. The Kier molecular flexibility index (Phi) is 5.90. The van der Waals surface area contributed by atoms with Crippen LogP contribution in [0, 0.1) is 13.8 Å². The first-order valence-electron chi connectivity index (χ1n) is 8.89. The van der Waals surface area contributed by atoms with Gasteiger partial charge in [0.15, 0.2) is 6.61 Å². The monoisotopic (exact) mass is 361 g/mol. The number of carbonyl (C=O) groups is 1. The molecule has 1 aliphatic rings. The van der Waals surface area contributed by atoms with Gasteiger partial charge in [-0.3, -0.25) is 4.79 Å². The molecule has 0 saturated carbocycles. The van der Waals surface area contributed by atoms with Gasteiger partial charge in [0, 0.05) is 17.0 Å². The number of aryl methyl sites for hydroxylation is 2. The zero-order valence-corrected chi connectivity index (χ0v) is 15.2. The van der Waals surface area contributed by atoms with Gasteiger partial charge in [0.1, 0.15) is 24.4 Å². The zero-order valence-electron chi connectivity index (χ0n) is 15.2. The normalized spacial score (nSPS) is 15.2. The molecule has 7 heteroatoms. The number of morpholine rings is 1. The van der Waals surface area contributed by atoms with E-state index in [1.807, 2.05) is 19.9 Å². The van der Waals surface area contributed by atoms with Crippen molar-refractivity contribution in [2.45, 2.75) is 13.8 Å². The molecular weight excluding hydrogens is 336 g/mol. The summed E-state index contributed by atoms with van der Waals surface area (Å²) < 4.78 is 16.2. The highest BCUT2D eigenvalue weighted by Gasteiger charge is 2.14. The molecule has 1 aromatic heterocycles. The summed E-state index contributed by atoms with van der Waals surface area (Å²) in [5, 5.41) is 3.74. The van der Waals surface area contributed by atoms with Crippen LogP contribution in [0.3, 0.4) is 0 Å². The zero-order chi connectivity index (χ0) is 18.5. The van der Waals surface area contributed by atoms with Gasteiger partial charge in [0.05, 0.1) is 26.3 Å². The van der Waals surface area contributed by atoms with Gasteiger partial charge in [-0.25, -0.2) is 4.79 Å². The van der Waals surface area contributed by atoms with Crippen LogP contribution < -0.4 is 20.6 Å². The Hall–Kier alpha value is -2.38. The summed E-state index contributed by atoms with van der Waals surface area (Å²) in [6.07, 6.45) is 0. The van der Waals surface area contributed by atoms with E-state index in [0.29, 0.717) is 23.4 Å². The number of hydrogen-bond donors (Lipinski definition) is 2. The molecule has 7 nitrogen and oxygen atoms in total. The Labute approximate surface area is 151 Å². The van der Waals surface area contributed by atoms with Gasteiger partial charge in [-0.05, 0) is 31.5 Å². The first-order chi connectivity index (χ1) is 12.5. The molecule has 1 saturated heterocycles. The maximum Gasteiger partial charge on any atom is 0.336 e. The Balaban J connectivity index is 1.54. The largest absolute Gasteiger partial charge is 0.483 e. The molecule has 0 atom stereocenters. The highest BCUT2D eigenvalue weighted by molar-refractivity contribution is 5.85. The number of hydrogen-bond acceptors (Lipinski definition) is 5. The number of benzene rings is 1. The standard InChI is InChI=1S/C19H24N2O5/c1-13-11-18(23)26-19-14(2)16(4-3-15(13)19)25-12-17(22)20-5-6-21-7-9-24-10-8-21/h3-4,11H,5-10,12H2,1-2H3,(H,20,22)/p+1. The lowest BCUT2D eigenvalue weighted by molar-refractivity contribution is -0.906. The van der Waals surface area contributed by atoms with Gasteiger partial charge in [0.25, 0.3) is 5.91 Å². The summed E-state index contributed by atoms with van der Waals surface area (Å²) in [5.74, 6) is 0.378. The van der Waals surface area contributed by atoms with E-state index in [9.17, 15) is 9.59 Å². The highest BCUT2D eigenvalue weighted by Crippen LogP contribution is 2.27. The van der Waals surface area contributed by atoms with E-state index in [1.165, 1.54) is 11.0 Å². The molecule has 1 fully saturated rings. The number of ether oxygens (including phenoxy) is 2. The summed E-state index contributed by atoms with van der Waals surface area (Å²) >= 11 is 0. The lowest BCUT2D eigenvalue weighted by Crippen LogP contribution is -3.14. The Morgan fingerprint density at radius 1 is 1.27 bits per heavy atom. The fourth-order valence-electron chi connectivity index (χ4n) is 3.14. The van der Waals surface area contributed by atoms with Gasteiger partial charge in [-0.15, -0.1) is 0 Å². The van der Waals surface area contributed by atoms with Crippen molar-refractivity contribution in [2.24, 2.45) is 0 Å². The van der Waals surface area contributed by atoms with Crippen molar-refractivity contribution in [3.8, 4) is 5.75 Å². The molecule has 0 aliphatic carbocycles. The van der Waals surface area contributed by atoms with Gasteiger partial charge < -0.3 is 24.1 Å². The quantitative estimate of drug-likeness (QED) is 0.698. The molecule has 0 unspecified atom stereocenters. The van der Waals surface area contributed by atoms with Crippen LogP contribution in [0.5, 0.6) is 5.75 Å². The topological polar surface area (TPSA) is 82.2 Å². The highest BCUT2D eigenvalue weighted by atomic mass is 16.5. The third-order valence-electron chi connectivity index (χ3n) is 4.68. The Morgan fingerprint density at radius 2 is 2.04 bits per heavy atom. The van der Waals surface area contributed by atoms with E-state index in [4.69, 9.17) is 13.9 Å². The second-order valence-corrected chi connectivity index (χ2v) is 6.56. The van der Waals surface area contributed by atoms with E-state index >= 15 is 0 Å². The van der Waals surface area contributed by atoms with Crippen LogP contribution in [0.15, 0.2) is 27.4 Å². The third kappa shape index (κ3) is 4.42. The molecule has 0 bridgehead atoms. The number of carbonyl (C=O) groups excluding carboxylic acids is 1. The SMILES string of the molecule is Cc1cc(=O)oc2c(C)c(OCC(=O)NCC[NH+]3CCOCC3)ccc12. The van der Waals surface area contributed by atoms with E-state index in [0.717, 1.165) is 43.8 Å². The van der Waals surface area contributed by atoms with Crippen LogP contribution in [0.1, 0.15) is 11.1 Å². The molecule has 0 spiro atoms. The van der Waals surface area contributed by atoms with Crippen LogP contribution >= 0.6 is 0 Å². The first-order valence-corrected chi connectivity index (χ1v) is 8.89. The van der Waals surface area contributed by atoms with Gasteiger partial charge in [0.2, 0.25) is 0 Å². The van der Waals surface area contributed by atoms with Crippen LogP contribution in [0.2, 0.25) is 0 Å². The number of fused-ring (bicyclic) bond motifs is 1. The Bertz CT molecular complexity index is 840. The van der Waals surface area contributed by atoms with Gasteiger partial charge in [-0.2, -0.15) is 0 Å². The van der Waals surface area contributed by atoms with E-state index in [2.05, 4.69) is 5.32 Å². The van der Waals surface area contributed by atoms with Crippen LogP contribution in [0.25, 0.3) is 11.0 Å². The molecule has 2 heterocycles. The molecule has 1 amide bonds. The molecular formula is C19H25N2O5+. The van der Waals surface area contributed by atoms with E-state index < -0.39 is 5.63 Å². The number of rotatable bonds is 6. The number of nitrogens with one attached hydrogen (secondary N) is 2. The first kappa shape index (κ1) is 18.4. The van der Waals surface area contributed by atoms with Crippen LogP contribution in [-0.2, 0) is 9.53 Å². The fourth-order valence-corrected chi connectivity index (χ4v) is 3.14. The Morgan fingerprint density at radius 3 is 2.81 bits per heavy atom. The average molecular weight is 361 g/mol. The molecule has 3 rings (SSSR count). The third-order valence-corrected chi connectivity index (χ3v) is 4.68. The molecule has 2 aromatic rings. The lowest BCUT2D eigenvalue weighted by Gasteiger charge is -2.23. The maximum atomic E-state index is 12.0. The maximum absolute atomic E-state index is 12.0.